The summed E-state index contributed by atoms with van der Waals surface area (Å²) >= 11 is 1.38. The van der Waals surface area contributed by atoms with Gasteiger partial charge in [-0.1, -0.05) is 0 Å². The molecule has 15 heavy (non-hydrogen) atoms. The highest BCUT2D eigenvalue weighted by Crippen LogP contribution is 2.13. The maximum atomic E-state index is 11.7. The number of thiazole rings is 1. The van der Waals surface area contributed by atoms with Gasteiger partial charge in [0, 0.05) is 11.6 Å². The van der Waals surface area contributed by atoms with Gasteiger partial charge in [-0.3, -0.25) is 4.79 Å². The summed E-state index contributed by atoms with van der Waals surface area (Å²) in [5.74, 6) is -0.157. The minimum absolute atomic E-state index is 0.157. The van der Waals surface area contributed by atoms with E-state index in [9.17, 15) is 4.79 Å². The summed E-state index contributed by atoms with van der Waals surface area (Å²) in [5, 5.41) is 8.98. The molecule has 1 unspecified atom stereocenters. The molecule has 0 radical (unpaired) electrons. The SMILES string of the molecule is CC(C(=O)Nc1nccs1)n1cncn1. The Morgan fingerprint density at radius 3 is 3.13 bits per heavy atom. The van der Waals surface area contributed by atoms with Crippen LogP contribution in [0.5, 0.6) is 0 Å². The van der Waals surface area contributed by atoms with Crippen molar-refractivity contribution in [2.45, 2.75) is 13.0 Å². The summed E-state index contributed by atoms with van der Waals surface area (Å²) in [7, 11) is 0. The van der Waals surface area contributed by atoms with Gasteiger partial charge >= 0.3 is 0 Å². The van der Waals surface area contributed by atoms with Crippen LogP contribution in [0.4, 0.5) is 5.13 Å². The lowest BCUT2D eigenvalue weighted by atomic mass is 10.3. The van der Waals surface area contributed by atoms with Gasteiger partial charge in [0.25, 0.3) is 5.91 Å². The van der Waals surface area contributed by atoms with Crippen molar-refractivity contribution in [2.75, 3.05) is 5.32 Å². The molecule has 6 nitrogen and oxygen atoms in total. The average molecular weight is 223 g/mol. The Bertz CT molecular complexity index is 424. The van der Waals surface area contributed by atoms with Crippen molar-refractivity contribution in [1.82, 2.24) is 19.7 Å². The van der Waals surface area contributed by atoms with Gasteiger partial charge in [0.05, 0.1) is 0 Å². The van der Waals surface area contributed by atoms with Crippen molar-refractivity contribution in [3.8, 4) is 0 Å². The lowest BCUT2D eigenvalue weighted by Crippen LogP contribution is -2.23. The van der Waals surface area contributed by atoms with Gasteiger partial charge in [0.2, 0.25) is 0 Å². The summed E-state index contributed by atoms with van der Waals surface area (Å²) in [6.45, 7) is 1.75. The fraction of sp³-hybridized carbons (Fsp3) is 0.250. The third-order valence-electron chi connectivity index (χ3n) is 1.88. The van der Waals surface area contributed by atoms with E-state index in [0.717, 1.165) is 0 Å². The first-order valence-electron chi connectivity index (χ1n) is 4.32. The molecule has 2 aromatic rings. The number of hydrogen-bond acceptors (Lipinski definition) is 5. The van der Waals surface area contributed by atoms with Gasteiger partial charge in [-0.15, -0.1) is 11.3 Å². The summed E-state index contributed by atoms with van der Waals surface area (Å²) in [6.07, 6.45) is 4.54. The maximum Gasteiger partial charge on any atom is 0.250 e. The molecule has 0 aliphatic carbocycles. The fourth-order valence-corrected chi connectivity index (χ4v) is 1.56. The third-order valence-corrected chi connectivity index (χ3v) is 2.56. The normalized spacial score (nSPS) is 12.3. The maximum absolute atomic E-state index is 11.7. The largest absolute Gasteiger partial charge is 0.300 e. The van der Waals surface area contributed by atoms with E-state index < -0.39 is 6.04 Å². The molecule has 2 aromatic heterocycles. The van der Waals surface area contributed by atoms with E-state index in [0.29, 0.717) is 5.13 Å². The zero-order valence-electron chi connectivity index (χ0n) is 7.99. The van der Waals surface area contributed by atoms with Crippen LogP contribution in [-0.2, 0) is 4.79 Å². The second-order valence-corrected chi connectivity index (χ2v) is 3.77. The van der Waals surface area contributed by atoms with Gasteiger partial charge in [-0.2, -0.15) is 5.10 Å². The highest BCUT2D eigenvalue weighted by molar-refractivity contribution is 7.13. The predicted molar refractivity (Wildman–Crippen MR) is 55.5 cm³/mol. The number of nitrogens with one attached hydrogen (secondary N) is 1. The van der Waals surface area contributed by atoms with Crippen LogP contribution >= 0.6 is 11.3 Å². The molecule has 2 rings (SSSR count). The molecule has 0 bridgehead atoms. The van der Waals surface area contributed by atoms with Crippen LogP contribution < -0.4 is 5.32 Å². The number of carbonyl (C=O) groups excluding carboxylic acids is 1. The first-order valence-corrected chi connectivity index (χ1v) is 5.20. The summed E-state index contributed by atoms with van der Waals surface area (Å²) in [5.41, 5.74) is 0. The Hall–Kier alpha value is -1.76. The Kier molecular flexibility index (Phi) is 2.72. The Balaban J connectivity index is 2.03. The second-order valence-electron chi connectivity index (χ2n) is 2.88. The molecule has 7 heteroatoms. The molecule has 0 saturated heterocycles. The number of rotatable bonds is 3. The van der Waals surface area contributed by atoms with Crippen molar-refractivity contribution in [3.05, 3.63) is 24.2 Å². The van der Waals surface area contributed by atoms with Crippen LogP contribution in [0.15, 0.2) is 24.2 Å². The van der Waals surface area contributed by atoms with E-state index >= 15 is 0 Å². The Labute approximate surface area is 90.0 Å². The topological polar surface area (TPSA) is 72.7 Å². The molecular weight excluding hydrogens is 214 g/mol. The van der Waals surface area contributed by atoms with Crippen LogP contribution in [0.25, 0.3) is 0 Å². The van der Waals surface area contributed by atoms with Gasteiger partial charge in [0.1, 0.15) is 18.7 Å². The fourth-order valence-electron chi connectivity index (χ4n) is 1.03. The summed E-state index contributed by atoms with van der Waals surface area (Å²) in [4.78, 5) is 19.4. The highest BCUT2D eigenvalue weighted by atomic mass is 32.1. The number of hydrogen-bond donors (Lipinski definition) is 1. The van der Waals surface area contributed by atoms with Crippen LogP contribution in [-0.4, -0.2) is 25.7 Å². The van der Waals surface area contributed by atoms with E-state index in [4.69, 9.17) is 0 Å². The van der Waals surface area contributed by atoms with E-state index in [-0.39, 0.29) is 5.91 Å². The van der Waals surface area contributed by atoms with Gasteiger partial charge in [-0.05, 0) is 6.92 Å². The molecule has 0 saturated carbocycles. The Morgan fingerprint density at radius 2 is 2.53 bits per heavy atom. The van der Waals surface area contributed by atoms with Crippen molar-refractivity contribution in [2.24, 2.45) is 0 Å². The first-order chi connectivity index (χ1) is 7.27. The van der Waals surface area contributed by atoms with Gasteiger partial charge < -0.3 is 5.32 Å². The lowest BCUT2D eigenvalue weighted by Gasteiger charge is -2.09. The second kappa shape index (κ2) is 4.18. The zero-order chi connectivity index (χ0) is 10.7. The molecule has 78 valence electrons. The monoisotopic (exact) mass is 223 g/mol. The molecule has 0 fully saturated rings. The smallest absolute Gasteiger partial charge is 0.250 e. The standard InChI is InChI=1S/C8H9N5OS/c1-6(13-5-9-4-11-13)7(14)12-8-10-2-3-15-8/h2-6H,1H3,(H,10,12,14). The Morgan fingerprint density at radius 1 is 1.67 bits per heavy atom. The molecule has 0 spiro atoms. The molecular formula is C8H9N5OS. The lowest BCUT2D eigenvalue weighted by molar-refractivity contribution is -0.119. The van der Waals surface area contributed by atoms with E-state index in [1.54, 1.807) is 18.5 Å². The average Bonchev–Trinajstić information content (AvgIpc) is 2.88. The number of aromatic nitrogens is 4. The van der Waals surface area contributed by atoms with Crippen molar-refractivity contribution >= 4 is 22.4 Å². The van der Waals surface area contributed by atoms with Crippen LogP contribution in [0.2, 0.25) is 0 Å². The molecule has 1 amide bonds. The summed E-state index contributed by atoms with van der Waals surface area (Å²) < 4.78 is 1.49. The number of nitrogens with zero attached hydrogens (tertiary/aromatic N) is 4. The minimum atomic E-state index is -0.392. The third kappa shape index (κ3) is 2.18. The van der Waals surface area contributed by atoms with Crippen LogP contribution in [0, 0.1) is 0 Å². The van der Waals surface area contributed by atoms with E-state index in [2.05, 4.69) is 20.4 Å². The molecule has 0 aliphatic heterocycles. The van der Waals surface area contributed by atoms with E-state index in [1.807, 2.05) is 0 Å². The van der Waals surface area contributed by atoms with Crippen molar-refractivity contribution in [1.29, 1.82) is 0 Å². The number of anilines is 1. The van der Waals surface area contributed by atoms with Crippen LogP contribution in [0.3, 0.4) is 0 Å². The van der Waals surface area contributed by atoms with Gasteiger partial charge in [-0.25, -0.2) is 14.6 Å². The van der Waals surface area contributed by atoms with Crippen molar-refractivity contribution in [3.63, 3.8) is 0 Å². The summed E-state index contributed by atoms with van der Waals surface area (Å²) in [6, 6.07) is -0.392. The molecule has 1 N–H and O–H groups in total. The van der Waals surface area contributed by atoms with Gasteiger partial charge in [0.15, 0.2) is 5.13 Å². The van der Waals surface area contributed by atoms with E-state index in [1.165, 1.54) is 28.7 Å². The quantitative estimate of drug-likeness (QED) is 0.840. The highest BCUT2D eigenvalue weighted by Gasteiger charge is 2.15. The first kappa shape index (κ1) is 9.78. The zero-order valence-corrected chi connectivity index (χ0v) is 8.81. The molecule has 2 heterocycles. The van der Waals surface area contributed by atoms with Crippen molar-refractivity contribution < 1.29 is 4.79 Å². The number of carbonyl (C=O) groups is 1. The molecule has 0 aliphatic rings. The van der Waals surface area contributed by atoms with Crippen LogP contribution in [0.1, 0.15) is 13.0 Å². The molecule has 1 atom stereocenters. The number of amides is 1. The minimum Gasteiger partial charge on any atom is -0.300 e. The predicted octanol–water partition coefficient (Wildman–Crippen LogP) is 0.934. The molecule has 0 aromatic carbocycles.